The Hall–Kier alpha value is -5.17. The van der Waals surface area contributed by atoms with Gasteiger partial charge in [-0.3, -0.25) is 20.2 Å². The first kappa shape index (κ1) is 44.5. The van der Waals surface area contributed by atoms with Gasteiger partial charge in [-0.1, -0.05) is 50.2 Å². The fourth-order valence-electron chi connectivity index (χ4n) is 5.65. The largest absolute Gasteiger partial charge is 2.00 e. The summed E-state index contributed by atoms with van der Waals surface area (Å²) in [5.41, 5.74) is 0.966. The van der Waals surface area contributed by atoms with Crippen molar-refractivity contribution in [3.8, 4) is 11.5 Å². The maximum Gasteiger partial charge on any atom is 2.00 e. The number of benzene rings is 6. The molecule has 0 fully saturated rings. The zero-order chi connectivity index (χ0) is 40.9. The maximum atomic E-state index is 11.3. The quantitative estimate of drug-likeness (QED) is 0.0431. The molecule has 0 aromatic heterocycles. The van der Waals surface area contributed by atoms with E-state index in [1.807, 2.05) is 0 Å². The van der Waals surface area contributed by atoms with Crippen LogP contribution in [0.25, 0.3) is 21.5 Å². The van der Waals surface area contributed by atoms with Crippen molar-refractivity contribution in [2.45, 2.75) is 36.5 Å². The summed E-state index contributed by atoms with van der Waals surface area (Å²) in [7, 11) is -9.39. The number of aromatic hydroxyl groups is 2. The van der Waals surface area contributed by atoms with E-state index in [1.165, 1.54) is 72.8 Å². The van der Waals surface area contributed by atoms with E-state index >= 15 is 0 Å². The zero-order valence-electron chi connectivity index (χ0n) is 29.8. The van der Waals surface area contributed by atoms with Crippen LogP contribution in [0.1, 0.15) is 25.0 Å². The molecule has 6 rings (SSSR count). The Morgan fingerprint density at radius 2 is 0.912 bits per heavy atom. The van der Waals surface area contributed by atoms with Gasteiger partial charge < -0.3 is 19.3 Å². The van der Waals surface area contributed by atoms with Gasteiger partial charge in [-0.2, -0.15) is 0 Å². The minimum Gasteiger partial charge on any atom is -0.744 e. The van der Waals surface area contributed by atoms with Crippen molar-refractivity contribution in [2.75, 3.05) is 0 Å². The van der Waals surface area contributed by atoms with Crippen LogP contribution < -0.4 is 0 Å². The Bertz CT molecular complexity index is 2640. The SMILES string of the molecule is CCc1c(N=Nc2c(O)ccc3ccc(S(=O)(=O)[O-])cc23)cccc1[N+](=O)[O-].CCc1c(N=Nc2c(O)ccc3ccc(S(=O)(=O)[O-])cc23)cccc1[N+](=O)[O-].[Ba+2]. The molecule has 0 atom stereocenters. The van der Waals surface area contributed by atoms with Gasteiger partial charge >= 0.3 is 48.9 Å². The summed E-state index contributed by atoms with van der Waals surface area (Å²) in [6, 6.07) is 21.9. The predicted octanol–water partition coefficient (Wildman–Crippen LogP) is 8.29. The first-order valence-corrected chi connectivity index (χ1v) is 19.1. The number of fused-ring (bicyclic) bond motifs is 2. The molecule has 21 heteroatoms. The number of hydrogen-bond donors (Lipinski definition) is 2. The summed E-state index contributed by atoms with van der Waals surface area (Å²) < 4.78 is 67.8. The fourth-order valence-corrected chi connectivity index (χ4v) is 6.65. The summed E-state index contributed by atoms with van der Waals surface area (Å²) in [6.45, 7) is 3.48. The molecule has 0 unspecified atom stereocenters. The third-order valence-electron chi connectivity index (χ3n) is 8.33. The Kier molecular flexibility index (Phi) is 14.4. The van der Waals surface area contributed by atoms with Crippen LogP contribution in [0.5, 0.6) is 11.5 Å². The molecule has 0 aliphatic rings. The molecular formula is C36H28BaN6O12S2. The van der Waals surface area contributed by atoms with Crippen LogP contribution in [0.15, 0.2) is 127 Å². The second-order valence-corrected chi connectivity index (χ2v) is 14.5. The maximum absolute atomic E-state index is 11.3. The number of phenols is 2. The van der Waals surface area contributed by atoms with Gasteiger partial charge in [0.25, 0.3) is 11.4 Å². The van der Waals surface area contributed by atoms with Gasteiger partial charge in [-0.15, -0.1) is 20.5 Å². The van der Waals surface area contributed by atoms with Gasteiger partial charge in [-0.25, -0.2) is 16.8 Å². The van der Waals surface area contributed by atoms with Gasteiger partial charge in [0, 0.05) is 22.9 Å². The summed E-state index contributed by atoms with van der Waals surface area (Å²) in [6.07, 6.45) is 0.678. The molecule has 0 aliphatic heterocycles. The van der Waals surface area contributed by atoms with E-state index in [1.54, 1.807) is 26.0 Å². The van der Waals surface area contributed by atoms with Gasteiger partial charge in [0.1, 0.15) is 43.1 Å². The van der Waals surface area contributed by atoms with Crippen LogP contribution in [0.2, 0.25) is 0 Å². The van der Waals surface area contributed by atoms with Crippen molar-refractivity contribution in [2.24, 2.45) is 20.5 Å². The van der Waals surface area contributed by atoms with Crippen LogP contribution >= 0.6 is 0 Å². The zero-order valence-corrected chi connectivity index (χ0v) is 35.9. The van der Waals surface area contributed by atoms with E-state index in [2.05, 4.69) is 20.5 Å². The average Bonchev–Trinajstić information content (AvgIpc) is 3.15. The van der Waals surface area contributed by atoms with Crippen LogP contribution in [0, 0.1) is 20.2 Å². The number of nitro groups is 2. The summed E-state index contributed by atoms with van der Waals surface area (Å²) >= 11 is 0. The molecule has 0 saturated heterocycles. The molecule has 0 amide bonds. The minimum absolute atomic E-state index is 0. The normalized spacial score (nSPS) is 11.7. The molecule has 18 nitrogen and oxygen atoms in total. The third-order valence-corrected chi connectivity index (χ3v) is 10.00. The van der Waals surface area contributed by atoms with E-state index in [0.29, 0.717) is 34.7 Å². The number of nitrogens with zero attached hydrogens (tertiary/aromatic N) is 6. The van der Waals surface area contributed by atoms with Gasteiger partial charge in [0.05, 0.1) is 42.1 Å². The molecule has 6 aromatic rings. The molecule has 0 bridgehead atoms. The van der Waals surface area contributed by atoms with Crippen LogP contribution in [-0.4, -0.2) is 94.9 Å². The molecule has 0 spiro atoms. The molecule has 0 radical (unpaired) electrons. The van der Waals surface area contributed by atoms with Crippen molar-refractivity contribution < 1.29 is 46.0 Å². The van der Waals surface area contributed by atoms with Crippen LogP contribution in [0.3, 0.4) is 0 Å². The second-order valence-electron chi connectivity index (χ2n) is 11.7. The fraction of sp³-hybridized carbons (Fsp3) is 0.111. The second kappa shape index (κ2) is 18.4. The van der Waals surface area contributed by atoms with Gasteiger partial charge in [0.15, 0.2) is 0 Å². The molecule has 57 heavy (non-hydrogen) atoms. The monoisotopic (exact) mass is 938 g/mol. The van der Waals surface area contributed by atoms with Crippen LogP contribution in [0.4, 0.5) is 34.1 Å². The summed E-state index contributed by atoms with van der Waals surface area (Å²) in [4.78, 5) is 20.4. The number of hydrogen-bond acceptors (Lipinski definition) is 16. The minimum atomic E-state index is -4.70. The smallest absolute Gasteiger partial charge is 0.744 e. The Balaban J connectivity index is 0.000000248. The number of nitro benzene ring substituents is 2. The number of phenolic OH excluding ortho intramolecular Hbond substituents is 2. The molecule has 0 aliphatic carbocycles. The first-order chi connectivity index (χ1) is 26.4. The average molecular weight is 938 g/mol. The number of rotatable bonds is 10. The van der Waals surface area contributed by atoms with E-state index in [-0.39, 0.29) is 105 Å². The summed E-state index contributed by atoms with van der Waals surface area (Å²) in [5, 5.41) is 60.2. The third kappa shape index (κ3) is 10.2. The first-order valence-electron chi connectivity index (χ1n) is 16.2. The Morgan fingerprint density at radius 1 is 0.561 bits per heavy atom. The van der Waals surface area contributed by atoms with E-state index in [9.17, 15) is 56.4 Å². The molecule has 6 aromatic carbocycles. The van der Waals surface area contributed by atoms with Crippen molar-refractivity contribution in [3.05, 3.63) is 128 Å². The Labute approximate surface area is 364 Å². The van der Waals surface area contributed by atoms with E-state index < -0.39 is 39.9 Å². The van der Waals surface area contributed by atoms with Gasteiger partial charge in [0.2, 0.25) is 0 Å². The molecular weight excluding hydrogens is 910 g/mol. The van der Waals surface area contributed by atoms with Crippen molar-refractivity contribution in [1.29, 1.82) is 0 Å². The Morgan fingerprint density at radius 3 is 1.23 bits per heavy atom. The topological polar surface area (TPSA) is 291 Å². The van der Waals surface area contributed by atoms with E-state index in [0.717, 1.165) is 12.1 Å². The molecule has 2 N–H and O–H groups in total. The van der Waals surface area contributed by atoms with E-state index in [4.69, 9.17) is 0 Å². The molecule has 288 valence electrons. The van der Waals surface area contributed by atoms with Gasteiger partial charge in [-0.05, 0) is 72.1 Å². The van der Waals surface area contributed by atoms with Crippen LogP contribution in [-0.2, 0) is 33.1 Å². The molecule has 0 saturated carbocycles. The van der Waals surface area contributed by atoms with Crippen molar-refractivity contribution in [3.63, 3.8) is 0 Å². The summed E-state index contributed by atoms with van der Waals surface area (Å²) in [5.74, 6) is -0.555. The standard InChI is InChI=1S/2C18H15N3O6S.Ba/c2*1-2-13-15(4-3-5-16(13)21(23)24)19-20-18-14-10-12(28(25,26)27)8-6-11(14)7-9-17(18)22;/h2*3-10,22H,2H2,1H3,(H,25,26,27);/q;;+2/p-2. The van der Waals surface area contributed by atoms with Crippen molar-refractivity contribution in [1.82, 2.24) is 0 Å². The predicted molar refractivity (Wildman–Crippen MR) is 206 cm³/mol. The molecule has 0 heterocycles. The number of azo groups is 2. The van der Waals surface area contributed by atoms with Crippen molar-refractivity contribution >= 4 is 125 Å².